The fraction of sp³-hybridized carbons (Fsp3) is 0.714. The monoisotopic (exact) mass is 156 g/mol. The van der Waals surface area contributed by atoms with Crippen LogP contribution in [0.2, 0.25) is 0 Å². The van der Waals surface area contributed by atoms with Gasteiger partial charge in [0.15, 0.2) is 0 Å². The number of urea groups is 1. The van der Waals surface area contributed by atoms with Crippen molar-refractivity contribution in [1.29, 1.82) is 0 Å². The van der Waals surface area contributed by atoms with E-state index < -0.39 is 11.6 Å². The molecule has 1 aliphatic rings. The zero-order chi connectivity index (χ0) is 8.65. The lowest BCUT2D eigenvalue weighted by molar-refractivity contribution is -0.124. The SMILES string of the molecule is CC(C)C1(C)NC(=O)NC1=O. The summed E-state index contributed by atoms with van der Waals surface area (Å²) < 4.78 is 0. The molecule has 0 saturated carbocycles. The normalized spacial score (nSPS) is 30.5. The van der Waals surface area contributed by atoms with Crippen LogP contribution in [0.25, 0.3) is 0 Å². The average molecular weight is 156 g/mol. The second-order valence-corrected chi connectivity index (χ2v) is 3.27. The van der Waals surface area contributed by atoms with E-state index in [-0.39, 0.29) is 11.8 Å². The number of carbonyl (C=O) groups excluding carboxylic acids is 2. The Kier molecular flexibility index (Phi) is 1.62. The largest absolute Gasteiger partial charge is 0.323 e. The van der Waals surface area contributed by atoms with Gasteiger partial charge >= 0.3 is 6.03 Å². The van der Waals surface area contributed by atoms with Gasteiger partial charge in [-0.3, -0.25) is 10.1 Å². The van der Waals surface area contributed by atoms with E-state index in [0.717, 1.165) is 0 Å². The van der Waals surface area contributed by atoms with E-state index in [0.29, 0.717) is 0 Å². The quantitative estimate of drug-likeness (QED) is 0.534. The van der Waals surface area contributed by atoms with Crippen molar-refractivity contribution in [1.82, 2.24) is 10.6 Å². The van der Waals surface area contributed by atoms with E-state index in [1.165, 1.54) is 0 Å². The molecule has 0 spiro atoms. The van der Waals surface area contributed by atoms with Crippen LogP contribution in [0.5, 0.6) is 0 Å². The molecule has 0 bridgehead atoms. The molecule has 2 N–H and O–H groups in total. The minimum atomic E-state index is -0.725. The van der Waals surface area contributed by atoms with Crippen molar-refractivity contribution in [2.24, 2.45) is 5.92 Å². The Morgan fingerprint density at radius 2 is 1.91 bits per heavy atom. The van der Waals surface area contributed by atoms with Crippen molar-refractivity contribution < 1.29 is 9.59 Å². The van der Waals surface area contributed by atoms with Gasteiger partial charge in [0.2, 0.25) is 0 Å². The molecule has 1 aliphatic heterocycles. The molecule has 0 aromatic rings. The van der Waals surface area contributed by atoms with Crippen LogP contribution in [-0.2, 0) is 4.79 Å². The zero-order valence-corrected chi connectivity index (χ0v) is 6.89. The number of nitrogens with one attached hydrogen (secondary N) is 2. The summed E-state index contributed by atoms with van der Waals surface area (Å²) in [7, 11) is 0. The highest BCUT2D eigenvalue weighted by atomic mass is 16.2. The molecule has 1 fully saturated rings. The van der Waals surface area contributed by atoms with E-state index in [2.05, 4.69) is 10.6 Å². The molecule has 0 aromatic heterocycles. The third-order valence-electron chi connectivity index (χ3n) is 2.23. The third-order valence-corrected chi connectivity index (χ3v) is 2.23. The Hall–Kier alpha value is -1.06. The predicted octanol–water partition coefficient (Wildman–Crippen LogP) is 0.241. The molecule has 1 heterocycles. The van der Waals surface area contributed by atoms with Gasteiger partial charge in [0.25, 0.3) is 5.91 Å². The topological polar surface area (TPSA) is 58.2 Å². The van der Waals surface area contributed by atoms with Crippen LogP contribution in [0, 0.1) is 5.92 Å². The molecule has 11 heavy (non-hydrogen) atoms. The number of imide groups is 1. The van der Waals surface area contributed by atoms with E-state index >= 15 is 0 Å². The average Bonchev–Trinajstić information content (AvgIpc) is 2.08. The molecule has 62 valence electrons. The molecule has 0 aromatic carbocycles. The Balaban J connectivity index is 2.87. The molecular weight excluding hydrogens is 144 g/mol. The summed E-state index contributed by atoms with van der Waals surface area (Å²) in [5.74, 6) is -0.133. The maximum atomic E-state index is 11.2. The van der Waals surface area contributed by atoms with Gasteiger partial charge < -0.3 is 5.32 Å². The fourth-order valence-corrected chi connectivity index (χ4v) is 0.963. The number of hydrogen-bond donors (Lipinski definition) is 2. The molecule has 3 amide bonds. The summed E-state index contributed by atoms with van der Waals surface area (Å²) in [5, 5.41) is 4.78. The van der Waals surface area contributed by atoms with Gasteiger partial charge in [0.05, 0.1) is 0 Å². The summed E-state index contributed by atoms with van der Waals surface area (Å²) in [6.07, 6.45) is 0. The van der Waals surface area contributed by atoms with Gasteiger partial charge in [-0.2, -0.15) is 0 Å². The summed E-state index contributed by atoms with van der Waals surface area (Å²) in [6, 6.07) is -0.397. The van der Waals surface area contributed by atoms with Crippen LogP contribution >= 0.6 is 0 Å². The first-order valence-electron chi connectivity index (χ1n) is 3.60. The molecule has 1 saturated heterocycles. The fourth-order valence-electron chi connectivity index (χ4n) is 0.963. The van der Waals surface area contributed by atoms with Crippen molar-refractivity contribution >= 4 is 11.9 Å². The Labute approximate surface area is 65.3 Å². The van der Waals surface area contributed by atoms with Crippen molar-refractivity contribution in [2.45, 2.75) is 26.3 Å². The van der Waals surface area contributed by atoms with E-state index in [9.17, 15) is 9.59 Å². The number of amides is 3. The Bertz CT molecular complexity index is 212. The van der Waals surface area contributed by atoms with E-state index in [4.69, 9.17) is 0 Å². The highest BCUT2D eigenvalue weighted by Crippen LogP contribution is 2.19. The van der Waals surface area contributed by atoms with E-state index in [1.807, 2.05) is 13.8 Å². The number of hydrogen-bond acceptors (Lipinski definition) is 2. The lowest BCUT2D eigenvalue weighted by Crippen LogP contribution is -2.48. The Morgan fingerprint density at radius 3 is 2.09 bits per heavy atom. The maximum absolute atomic E-state index is 11.2. The van der Waals surface area contributed by atoms with Crippen LogP contribution in [0.1, 0.15) is 20.8 Å². The molecule has 1 rings (SSSR count). The second kappa shape index (κ2) is 2.22. The maximum Gasteiger partial charge on any atom is 0.322 e. The van der Waals surface area contributed by atoms with Crippen molar-refractivity contribution in [3.8, 4) is 0 Å². The molecule has 4 nitrogen and oxygen atoms in total. The molecule has 4 heteroatoms. The lowest BCUT2D eigenvalue weighted by atomic mass is 9.89. The van der Waals surface area contributed by atoms with Crippen LogP contribution in [-0.4, -0.2) is 17.5 Å². The van der Waals surface area contributed by atoms with Gasteiger partial charge in [0.1, 0.15) is 5.54 Å². The summed E-state index contributed by atoms with van der Waals surface area (Å²) in [6.45, 7) is 5.51. The predicted molar refractivity (Wildman–Crippen MR) is 39.9 cm³/mol. The minimum Gasteiger partial charge on any atom is -0.323 e. The first kappa shape index (κ1) is 8.04. The van der Waals surface area contributed by atoms with Gasteiger partial charge in [-0.05, 0) is 12.8 Å². The minimum absolute atomic E-state index is 0.106. The van der Waals surface area contributed by atoms with Crippen molar-refractivity contribution in [3.05, 3.63) is 0 Å². The lowest BCUT2D eigenvalue weighted by Gasteiger charge is -2.24. The van der Waals surface area contributed by atoms with Gasteiger partial charge in [-0.25, -0.2) is 4.79 Å². The highest BCUT2D eigenvalue weighted by Gasteiger charge is 2.44. The molecule has 1 atom stereocenters. The van der Waals surface area contributed by atoms with Crippen molar-refractivity contribution in [2.75, 3.05) is 0 Å². The molecular formula is C7H12N2O2. The van der Waals surface area contributed by atoms with Gasteiger partial charge in [-0.15, -0.1) is 0 Å². The first-order chi connectivity index (χ1) is 4.97. The second-order valence-electron chi connectivity index (χ2n) is 3.27. The van der Waals surface area contributed by atoms with Gasteiger partial charge in [-0.1, -0.05) is 13.8 Å². The third kappa shape index (κ3) is 1.08. The standard InChI is InChI=1S/C7H12N2O2/c1-4(2)7(3)5(10)8-6(11)9-7/h4H,1-3H3,(H2,8,9,10,11). The number of carbonyl (C=O) groups is 2. The summed E-state index contributed by atoms with van der Waals surface area (Å²) >= 11 is 0. The zero-order valence-electron chi connectivity index (χ0n) is 6.89. The molecule has 0 radical (unpaired) electrons. The van der Waals surface area contributed by atoms with Crippen LogP contribution in [0.3, 0.4) is 0 Å². The summed E-state index contributed by atoms with van der Waals surface area (Å²) in [4.78, 5) is 21.9. The van der Waals surface area contributed by atoms with E-state index in [1.54, 1.807) is 6.92 Å². The number of rotatable bonds is 1. The highest BCUT2D eigenvalue weighted by molar-refractivity contribution is 6.06. The molecule has 0 aliphatic carbocycles. The first-order valence-corrected chi connectivity index (χ1v) is 3.60. The smallest absolute Gasteiger partial charge is 0.322 e. The van der Waals surface area contributed by atoms with Crippen molar-refractivity contribution in [3.63, 3.8) is 0 Å². The van der Waals surface area contributed by atoms with Crippen LogP contribution in [0.15, 0.2) is 0 Å². The van der Waals surface area contributed by atoms with Gasteiger partial charge in [0, 0.05) is 0 Å². The molecule has 1 unspecified atom stereocenters. The summed E-state index contributed by atoms with van der Waals surface area (Å²) in [5.41, 5.74) is -0.725. The van der Waals surface area contributed by atoms with Crippen LogP contribution < -0.4 is 10.6 Å². The Morgan fingerprint density at radius 1 is 1.36 bits per heavy atom. The van der Waals surface area contributed by atoms with Crippen LogP contribution in [0.4, 0.5) is 4.79 Å².